The predicted molar refractivity (Wildman–Crippen MR) is 103 cm³/mol. The van der Waals surface area contributed by atoms with Crippen LogP contribution in [0.2, 0.25) is 0 Å². The first-order chi connectivity index (χ1) is 14.0. The van der Waals surface area contributed by atoms with E-state index in [-0.39, 0.29) is 35.2 Å². The molecule has 9 heteroatoms. The molecule has 1 amide bonds. The minimum absolute atomic E-state index is 0.00122. The number of ketones is 1. The minimum Gasteiger partial charge on any atom is -0.355 e. The molecule has 0 spiro atoms. The van der Waals surface area contributed by atoms with Gasteiger partial charge in [0.1, 0.15) is 11.5 Å². The molecule has 0 aliphatic rings. The predicted octanol–water partition coefficient (Wildman–Crippen LogP) is 2.05. The molecule has 29 heavy (non-hydrogen) atoms. The Morgan fingerprint density at radius 1 is 1.14 bits per heavy atom. The van der Waals surface area contributed by atoms with Crippen LogP contribution in [-0.2, 0) is 13.5 Å². The third kappa shape index (κ3) is 3.49. The van der Waals surface area contributed by atoms with Crippen LogP contribution < -0.4 is 5.32 Å². The first kappa shape index (κ1) is 18.5. The van der Waals surface area contributed by atoms with E-state index in [1.807, 2.05) is 0 Å². The lowest BCUT2D eigenvalue weighted by atomic mass is 10.1. The molecule has 1 aromatic carbocycles. The van der Waals surface area contributed by atoms with Gasteiger partial charge in [-0.25, -0.2) is 14.4 Å². The van der Waals surface area contributed by atoms with Gasteiger partial charge in [-0.2, -0.15) is 5.10 Å². The first-order valence-corrected chi connectivity index (χ1v) is 8.84. The Kier molecular flexibility index (Phi) is 4.63. The number of nitrogens with zero attached hydrogens (tertiary/aromatic N) is 5. The van der Waals surface area contributed by atoms with Crippen molar-refractivity contribution in [3.8, 4) is 11.3 Å². The van der Waals surface area contributed by atoms with Crippen molar-refractivity contribution < 1.29 is 14.0 Å². The Morgan fingerprint density at radius 3 is 2.62 bits per heavy atom. The Balaban J connectivity index is 1.62. The van der Waals surface area contributed by atoms with Crippen molar-refractivity contribution in [2.45, 2.75) is 6.42 Å². The highest BCUT2D eigenvalue weighted by atomic mass is 19.1. The number of aryl methyl sites for hydroxylation is 1. The summed E-state index contributed by atoms with van der Waals surface area (Å²) in [5, 5.41) is 6.52. The number of carbonyl (C=O) groups is 2. The van der Waals surface area contributed by atoms with Crippen LogP contribution in [0.3, 0.4) is 0 Å². The third-order valence-electron chi connectivity index (χ3n) is 4.54. The zero-order chi connectivity index (χ0) is 20.5. The van der Waals surface area contributed by atoms with E-state index in [9.17, 15) is 14.0 Å². The van der Waals surface area contributed by atoms with E-state index in [2.05, 4.69) is 20.4 Å². The maximum absolute atomic E-state index is 13.1. The van der Waals surface area contributed by atoms with Crippen LogP contribution in [0.1, 0.15) is 26.5 Å². The molecular weight excluding hydrogens is 375 g/mol. The van der Waals surface area contributed by atoms with E-state index in [0.717, 1.165) is 5.56 Å². The maximum Gasteiger partial charge on any atom is 0.254 e. The summed E-state index contributed by atoms with van der Waals surface area (Å²) in [5.74, 6) is -0.540. The van der Waals surface area contributed by atoms with Gasteiger partial charge in [0.05, 0.1) is 29.6 Å². The lowest BCUT2D eigenvalue weighted by Gasteiger charge is -2.05. The summed E-state index contributed by atoms with van der Waals surface area (Å²) >= 11 is 0. The van der Waals surface area contributed by atoms with Gasteiger partial charge in [-0.3, -0.25) is 18.7 Å². The molecule has 0 fully saturated rings. The van der Waals surface area contributed by atoms with Crippen molar-refractivity contribution in [1.82, 2.24) is 29.5 Å². The molecule has 0 aliphatic carbocycles. The number of halogens is 1. The van der Waals surface area contributed by atoms with Gasteiger partial charge in [-0.05, 0) is 30.3 Å². The number of hydrogen-bond donors (Lipinski definition) is 1. The van der Waals surface area contributed by atoms with Crippen LogP contribution >= 0.6 is 0 Å². The number of amides is 1. The second-order valence-corrected chi connectivity index (χ2v) is 6.47. The van der Waals surface area contributed by atoms with Crippen LogP contribution in [0.5, 0.6) is 0 Å². The number of imidazole rings is 1. The van der Waals surface area contributed by atoms with E-state index in [1.54, 1.807) is 42.0 Å². The second kappa shape index (κ2) is 7.27. The third-order valence-corrected chi connectivity index (χ3v) is 4.54. The molecule has 3 aromatic heterocycles. The Bertz CT molecular complexity index is 1230. The Morgan fingerprint density at radius 2 is 1.90 bits per heavy atom. The molecule has 146 valence electrons. The van der Waals surface area contributed by atoms with E-state index < -0.39 is 0 Å². The van der Waals surface area contributed by atoms with Gasteiger partial charge in [0.2, 0.25) is 5.78 Å². The number of Topliss-reactive ketones (excluding diaryl/α,β-unsaturated/α-hetero) is 1. The van der Waals surface area contributed by atoms with Crippen molar-refractivity contribution in [3.63, 3.8) is 0 Å². The van der Waals surface area contributed by atoms with Crippen molar-refractivity contribution in [1.29, 1.82) is 0 Å². The van der Waals surface area contributed by atoms with Crippen molar-refractivity contribution >= 4 is 17.5 Å². The van der Waals surface area contributed by atoms with Crippen molar-refractivity contribution in [2.75, 3.05) is 7.05 Å². The van der Waals surface area contributed by atoms with Crippen molar-refractivity contribution in [2.24, 2.45) is 7.05 Å². The topological polar surface area (TPSA) is 94.2 Å². The highest BCUT2D eigenvalue weighted by molar-refractivity contribution is 6.07. The number of benzene rings is 1. The summed E-state index contributed by atoms with van der Waals surface area (Å²) in [5.41, 5.74) is 2.37. The smallest absolute Gasteiger partial charge is 0.254 e. The lowest BCUT2D eigenvalue weighted by Crippen LogP contribution is -2.22. The monoisotopic (exact) mass is 392 g/mol. The van der Waals surface area contributed by atoms with Crippen molar-refractivity contribution in [3.05, 3.63) is 71.7 Å². The van der Waals surface area contributed by atoms with Crippen LogP contribution in [0.15, 0.2) is 48.9 Å². The molecule has 4 rings (SSSR count). The van der Waals surface area contributed by atoms with Gasteiger partial charge < -0.3 is 5.32 Å². The van der Waals surface area contributed by atoms with Crippen LogP contribution in [0.25, 0.3) is 17.0 Å². The zero-order valence-corrected chi connectivity index (χ0v) is 15.8. The summed E-state index contributed by atoms with van der Waals surface area (Å²) in [6.07, 6.45) is 4.91. The van der Waals surface area contributed by atoms with Gasteiger partial charge in [0, 0.05) is 32.1 Å². The molecule has 8 nitrogen and oxygen atoms in total. The molecule has 0 bridgehead atoms. The molecule has 0 radical (unpaired) electrons. The number of carbonyl (C=O) groups excluding carboxylic acids is 2. The fourth-order valence-electron chi connectivity index (χ4n) is 3.08. The van der Waals surface area contributed by atoms with Crippen LogP contribution in [0.4, 0.5) is 4.39 Å². The summed E-state index contributed by atoms with van der Waals surface area (Å²) in [4.78, 5) is 33.7. The fourth-order valence-corrected chi connectivity index (χ4v) is 3.08. The van der Waals surface area contributed by atoms with Gasteiger partial charge in [0.25, 0.3) is 5.91 Å². The van der Waals surface area contributed by atoms with Gasteiger partial charge in [0.15, 0.2) is 5.78 Å². The highest BCUT2D eigenvalue weighted by Crippen LogP contribution is 2.19. The number of aromatic nitrogens is 5. The number of hydrogen-bond acceptors (Lipinski definition) is 5. The average Bonchev–Trinajstić information content (AvgIpc) is 3.31. The van der Waals surface area contributed by atoms with Gasteiger partial charge >= 0.3 is 0 Å². The molecule has 0 aliphatic heterocycles. The molecule has 0 atom stereocenters. The number of nitrogens with one attached hydrogen (secondary N) is 1. The lowest BCUT2D eigenvalue weighted by molar-refractivity contribution is 0.0937. The number of fused-ring (bicyclic) bond motifs is 1. The van der Waals surface area contributed by atoms with Gasteiger partial charge in [-0.15, -0.1) is 0 Å². The van der Waals surface area contributed by atoms with E-state index in [0.29, 0.717) is 17.2 Å². The molecule has 0 unspecified atom stereocenters. The first-order valence-electron chi connectivity index (χ1n) is 8.84. The molecule has 3 heterocycles. The second-order valence-electron chi connectivity index (χ2n) is 6.47. The summed E-state index contributed by atoms with van der Waals surface area (Å²) in [6, 6.07) is 7.75. The molecule has 1 N–H and O–H groups in total. The SMILES string of the molecule is CNC(=O)c1cnn(C)c1C(=O)Cc1ccn2cc(-c3ccc(F)cc3)nc2n1. The molecule has 4 aromatic rings. The zero-order valence-electron chi connectivity index (χ0n) is 15.8. The van der Waals surface area contributed by atoms with E-state index in [1.165, 1.54) is 30.1 Å². The van der Waals surface area contributed by atoms with E-state index >= 15 is 0 Å². The van der Waals surface area contributed by atoms with E-state index in [4.69, 9.17) is 0 Å². The standard InChI is InChI=1S/C20H17FN6O2/c1-22-19(29)15-10-23-26(2)18(15)17(28)9-14-7-8-27-11-16(25-20(27)24-14)12-3-5-13(21)6-4-12/h3-8,10-11H,9H2,1-2H3,(H,22,29). The minimum atomic E-state index is -0.373. The largest absolute Gasteiger partial charge is 0.355 e. The normalized spacial score (nSPS) is 11.0. The average molecular weight is 392 g/mol. The number of rotatable bonds is 5. The fraction of sp³-hybridized carbons (Fsp3) is 0.150. The summed E-state index contributed by atoms with van der Waals surface area (Å²) in [6.45, 7) is 0. The van der Waals surface area contributed by atoms with Gasteiger partial charge in [-0.1, -0.05) is 0 Å². The summed E-state index contributed by atoms with van der Waals surface area (Å²) < 4.78 is 16.2. The Hall–Kier alpha value is -3.88. The summed E-state index contributed by atoms with van der Waals surface area (Å²) in [7, 11) is 3.11. The quantitative estimate of drug-likeness (QED) is 0.525. The molecule has 0 saturated heterocycles. The van der Waals surface area contributed by atoms with Crippen LogP contribution in [0, 0.1) is 5.82 Å². The van der Waals surface area contributed by atoms with Crippen LogP contribution in [-0.4, -0.2) is 42.9 Å². The molecule has 0 saturated carbocycles. The highest BCUT2D eigenvalue weighted by Gasteiger charge is 2.22. The molecular formula is C20H17FN6O2. The maximum atomic E-state index is 13.1. The Labute approximate surface area is 165 Å².